The number of allylic oxidation sites excluding steroid dienone is 3. The molecule has 0 unspecified atom stereocenters. The monoisotopic (exact) mass is 236 g/mol. The van der Waals surface area contributed by atoms with Crippen LogP contribution in [0.4, 0.5) is 0 Å². The van der Waals surface area contributed by atoms with E-state index in [0.717, 1.165) is 0 Å². The van der Waals surface area contributed by atoms with Gasteiger partial charge in [0.2, 0.25) is 0 Å². The Morgan fingerprint density at radius 1 is 0.647 bits per heavy atom. The first-order valence-electron chi connectivity index (χ1n) is 7.64. The molecular weight excluding hydrogens is 204 g/mol. The van der Waals surface area contributed by atoms with Gasteiger partial charge in [0.1, 0.15) is 0 Å². The van der Waals surface area contributed by atoms with Gasteiger partial charge >= 0.3 is 0 Å². The van der Waals surface area contributed by atoms with Crippen molar-refractivity contribution in [2.75, 3.05) is 0 Å². The molecule has 0 aromatic heterocycles. The standard InChI is InChI=1S/C17H32/c1-3-5-7-9-11-13-15-17-16-14-12-10-8-6-4-2/h3-4,6H,1,5,7-17H2,2H3/b6-4+. The lowest BCUT2D eigenvalue weighted by Gasteiger charge is -2.01. The lowest BCUT2D eigenvalue weighted by Crippen LogP contribution is -1.82. The van der Waals surface area contributed by atoms with E-state index in [9.17, 15) is 0 Å². The van der Waals surface area contributed by atoms with E-state index >= 15 is 0 Å². The van der Waals surface area contributed by atoms with Crippen LogP contribution in [0.2, 0.25) is 0 Å². The molecule has 0 aromatic carbocycles. The first-order chi connectivity index (χ1) is 8.41. The van der Waals surface area contributed by atoms with Crippen molar-refractivity contribution in [3.05, 3.63) is 24.8 Å². The summed E-state index contributed by atoms with van der Waals surface area (Å²) >= 11 is 0. The molecule has 0 saturated carbocycles. The van der Waals surface area contributed by atoms with Crippen LogP contribution in [0, 0.1) is 0 Å². The van der Waals surface area contributed by atoms with Gasteiger partial charge in [0, 0.05) is 0 Å². The Kier molecular flexibility index (Phi) is 15.0. The summed E-state index contributed by atoms with van der Waals surface area (Å²) < 4.78 is 0. The number of hydrogen-bond acceptors (Lipinski definition) is 0. The molecule has 0 atom stereocenters. The highest BCUT2D eigenvalue weighted by molar-refractivity contribution is 4.76. The molecule has 0 heteroatoms. The maximum absolute atomic E-state index is 3.75. The first kappa shape index (κ1) is 16.5. The van der Waals surface area contributed by atoms with Crippen molar-refractivity contribution >= 4 is 0 Å². The van der Waals surface area contributed by atoms with E-state index in [-0.39, 0.29) is 0 Å². The molecule has 0 nitrogen and oxygen atoms in total. The summed E-state index contributed by atoms with van der Waals surface area (Å²) in [5, 5.41) is 0. The summed E-state index contributed by atoms with van der Waals surface area (Å²) in [7, 11) is 0. The van der Waals surface area contributed by atoms with Gasteiger partial charge in [-0.3, -0.25) is 0 Å². The van der Waals surface area contributed by atoms with Gasteiger partial charge in [-0.05, 0) is 32.6 Å². The zero-order chi connectivity index (χ0) is 12.6. The van der Waals surface area contributed by atoms with E-state index in [4.69, 9.17) is 0 Å². The number of rotatable bonds is 13. The second kappa shape index (κ2) is 15.5. The third kappa shape index (κ3) is 15.5. The summed E-state index contributed by atoms with van der Waals surface area (Å²) in [5.74, 6) is 0. The Morgan fingerprint density at radius 3 is 1.47 bits per heavy atom. The Bertz CT molecular complexity index is 167. The molecule has 0 amide bonds. The Hall–Kier alpha value is -0.520. The lowest BCUT2D eigenvalue weighted by atomic mass is 10.1. The van der Waals surface area contributed by atoms with E-state index in [2.05, 4.69) is 25.7 Å². The zero-order valence-corrected chi connectivity index (χ0v) is 11.9. The summed E-state index contributed by atoms with van der Waals surface area (Å²) in [5.41, 5.74) is 0. The molecule has 17 heavy (non-hydrogen) atoms. The maximum atomic E-state index is 3.75. The van der Waals surface area contributed by atoms with Crippen LogP contribution in [0.5, 0.6) is 0 Å². The van der Waals surface area contributed by atoms with Gasteiger partial charge in [0.05, 0.1) is 0 Å². The van der Waals surface area contributed by atoms with Crippen molar-refractivity contribution in [3.63, 3.8) is 0 Å². The fourth-order valence-corrected chi connectivity index (χ4v) is 2.13. The van der Waals surface area contributed by atoms with Crippen LogP contribution >= 0.6 is 0 Å². The van der Waals surface area contributed by atoms with Crippen LogP contribution in [-0.2, 0) is 0 Å². The van der Waals surface area contributed by atoms with Crippen LogP contribution < -0.4 is 0 Å². The highest BCUT2D eigenvalue weighted by Crippen LogP contribution is 2.12. The first-order valence-corrected chi connectivity index (χ1v) is 7.64. The molecule has 0 saturated heterocycles. The summed E-state index contributed by atoms with van der Waals surface area (Å²) in [6.45, 7) is 5.86. The maximum Gasteiger partial charge on any atom is -0.0351 e. The summed E-state index contributed by atoms with van der Waals surface area (Å²) in [4.78, 5) is 0. The van der Waals surface area contributed by atoms with Gasteiger partial charge in [-0.25, -0.2) is 0 Å². The van der Waals surface area contributed by atoms with E-state index in [0.29, 0.717) is 0 Å². The molecule has 0 heterocycles. The van der Waals surface area contributed by atoms with Crippen LogP contribution in [0.15, 0.2) is 24.8 Å². The second-order valence-electron chi connectivity index (χ2n) is 4.97. The molecule has 0 N–H and O–H groups in total. The molecule has 100 valence electrons. The van der Waals surface area contributed by atoms with E-state index in [1.54, 1.807) is 0 Å². The van der Waals surface area contributed by atoms with Gasteiger partial charge in [-0.2, -0.15) is 0 Å². The topological polar surface area (TPSA) is 0 Å². The largest absolute Gasteiger partial charge is 0.103 e. The normalized spacial score (nSPS) is 11.1. The minimum Gasteiger partial charge on any atom is -0.103 e. The van der Waals surface area contributed by atoms with Crippen molar-refractivity contribution < 1.29 is 0 Å². The van der Waals surface area contributed by atoms with Crippen molar-refractivity contribution in [3.8, 4) is 0 Å². The highest BCUT2D eigenvalue weighted by atomic mass is 14.0. The molecular formula is C17H32. The molecule has 0 radical (unpaired) electrons. The third-order valence-corrected chi connectivity index (χ3v) is 3.26. The second-order valence-corrected chi connectivity index (χ2v) is 4.97. The van der Waals surface area contributed by atoms with Gasteiger partial charge in [0.25, 0.3) is 0 Å². The van der Waals surface area contributed by atoms with Gasteiger partial charge < -0.3 is 0 Å². The molecule has 0 spiro atoms. The van der Waals surface area contributed by atoms with E-state index < -0.39 is 0 Å². The fraction of sp³-hybridized carbons (Fsp3) is 0.765. The Morgan fingerprint density at radius 2 is 1.06 bits per heavy atom. The predicted octanol–water partition coefficient (Wildman–Crippen LogP) is 6.43. The Balaban J connectivity index is 2.91. The van der Waals surface area contributed by atoms with E-state index in [1.807, 2.05) is 6.08 Å². The highest BCUT2D eigenvalue weighted by Gasteiger charge is 1.92. The minimum absolute atomic E-state index is 1.20. The summed E-state index contributed by atoms with van der Waals surface area (Å²) in [6.07, 6.45) is 23.1. The molecule has 0 aromatic rings. The molecule has 0 aliphatic carbocycles. The Labute approximate surface area is 109 Å². The van der Waals surface area contributed by atoms with Crippen LogP contribution in [0.25, 0.3) is 0 Å². The molecule has 0 aliphatic heterocycles. The van der Waals surface area contributed by atoms with Gasteiger partial charge in [-0.1, -0.05) is 69.6 Å². The SMILES string of the molecule is C=CCCCCCCCCCCCC/C=C/C. The third-order valence-electron chi connectivity index (χ3n) is 3.26. The quantitative estimate of drug-likeness (QED) is 0.255. The molecule has 0 rings (SSSR count). The average Bonchev–Trinajstić information content (AvgIpc) is 2.35. The van der Waals surface area contributed by atoms with E-state index in [1.165, 1.54) is 77.0 Å². The number of unbranched alkanes of at least 4 members (excludes halogenated alkanes) is 11. The van der Waals surface area contributed by atoms with Crippen LogP contribution in [0.3, 0.4) is 0 Å². The smallest absolute Gasteiger partial charge is 0.0351 e. The molecule has 0 fully saturated rings. The van der Waals surface area contributed by atoms with Crippen molar-refractivity contribution in [1.29, 1.82) is 0 Å². The molecule has 0 bridgehead atoms. The van der Waals surface area contributed by atoms with Crippen molar-refractivity contribution in [1.82, 2.24) is 0 Å². The van der Waals surface area contributed by atoms with Gasteiger partial charge in [-0.15, -0.1) is 6.58 Å². The van der Waals surface area contributed by atoms with Crippen molar-refractivity contribution in [2.24, 2.45) is 0 Å². The lowest BCUT2D eigenvalue weighted by molar-refractivity contribution is 0.553. The number of hydrogen-bond donors (Lipinski definition) is 0. The van der Waals surface area contributed by atoms with Gasteiger partial charge in [0.15, 0.2) is 0 Å². The van der Waals surface area contributed by atoms with Crippen LogP contribution in [0.1, 0.15) is 84.0 Å². The fourth-order valence-electron chi connectivity index (χ4n) is 2.13. The molecule has 0 aliphatic rings. The van der Waals surface area contributed by atoms with Crippen LogP contribution in [-0.4, -0.2) is 0 Å². The predicted molar refractivity (Wildman–Crippen MR) is 80.4 cm³/mol. The minimum atomic E-state index is 1.20. The average molecular weight is 236 g/mol. The van der Waals surface area contributed by atoms with Crippen molar-refractivity contribution in [2.45, 2.75) is 84.0 Å². The summed E-state index contributed by atoms with van der Waals surface area (Å²) in [6, 6.07) is 0. The zero-order valence-electron chi connectivity index (χ0n) is 11.9.